The minimum Gasteiger partial charge on any atom is -0.319 e. The summed E-state index contributed by atoms with van der Waals surface area (Å²) in [6, 6.07) is 9.28. The summed E-state index contributed by atoms with van der Waals surface area (Å²) in [5.74, 6) is 0.843. The third-order valence-corrected chi connectivity index (χ3v) is 4.25. The summed E-state index contributed by atoms with van der Waals surface area (Å²) in [5, 5.41) is 3.31. The van der Waals surface area contributed by atoms with E-state index in [-0.39, 0.29) is 0 Å². The molecule has 0 aliphatic heterocycles. The molecule has 0 amide bonds. The van der Waals surface area contributed by atoms with E-state index in [1.54, 1.807) is 5.56 Å². The van der Waals surface area contributed by atoms with Gasteiger partial charge in [0.25, 0.3) is 0 Å². The predicted octanol–water partition coefficient (Wildman–Crippen LogP) is 3.14. The van der Waals surface area contributed by atoms with E-state index < -0.39 is 0 Å². The first kappa shape index (κ1) is 11.7. The van der Waals surface area contributed by atoms with Crippen molar-refractivity contribution in [3.63, 3.8) is 0 Å². The van der Waals surface area contributed by atoms with E-state index in [9.17, 15) is 0 Å². The van der Waals surface area contributed by atoms with Gasteiger partial charge in [0, 0.05) is 0 Å². The number of rotatable bonds is 5. The van der Waals surface area contributed by atoms with E-state index in [1.165, 1.54) is 18.4 Å². The fourth-order valence-corrected chi connectivity index (χ4v) is 2.96. The summed E-state index contributed by atoms with van der Waals surface area (Å²) >= 11 is 0. The van der Waals surface area contributed by atoms with Crippen molar-refractivity contribution < 1.29 is 0 Å². The average molecular weight is 217 g/mol. The molecule has 0 aromatic heterocycles. The quantitative estimate of drug-likeness (QED) is 0.799. The smallest absolute Gasteiger partial charge is 0.000554 e. The normalized spacial score (nSPS) is 28.1. The molecule has 2 rings (SSSR count). The highest BCUT2D eigenvalue weighted by molar-refractivity contribution is 5.35. The summed E-state index contributed by atoms with van der Waals surface area (Å²) in [4.78, 5) is 0. The van der Waals surface area contributed by atoms with Gasteiger partial charge in [0.15, 0.2) is 0 Å². The Morgan fingerprint density at radius 3 is 2.44 bits per heavy atom. The van der Waals surface area contributed by atoms with Crippen molar-refractivity contribution in [2.75, 3.05) is 13.6 Å². The van der Waals surface area contributed by atoms with Crippen LogP contribution in [0.4, 0.5) is 0 Å². The van der Waals surface area contributed by atoms with Gasteiger partial charge in [-0.25, -0.2) is 0 Å². The second-order valence-electron chi connectivity index (χ2n) is 5.02. The summed E-state index contributed by atoms with van der Waals surface area (Å²) in [6.07, 6.45) is 3.76. The molecule has 1 fully saturated rings. The molecule has 1 heteroatoms. The van der Waals surface area contributed by atoms with Crippen LogP contribution in [0.3, 0.4) is 0 Å². The van der Waals surface area contributed by atoms with Crippen molar-refractivity contribution in [1.29, 1.82) is 0 Å². The highest BCUT2D eigenvalue weighted by atomic mass is 14.8. The van der Waals surface area contributed by atoms with Crippen LogP contribution in [0.5, 0.6) is 0 Å². The summed E-state index contributed by atoms with van der Waals surface area (Å²) in [6.45, 7) is 5.69. The molecule has 0 saturated heterocycles. The van der Waals surface area contributed by atoms with Gasteiger partial charge < -0.3 is 5.32 Å². The highest BCUT2D eigenvalue weighted by Gasteiger charge is 2.52. The molecule has 0 radical (unpaired) electrons. The Morgan fingerprint density at radius 2 is 1.94 bits per heavy atom. The molecule has 1 aliphatic rings. The van der Waals surface area contributed by atoms with Crippen molar-refractivity contribution in [3.05, 3.63) is 35.4 Å². The number of benzene rings is 1. The van der Waals surface area contributed by atoms with Crippen LogP contribution in [-0.2, 0) is 11.8 Å². The molecule has 1 aliphatic carbocycles. The number of nitrogens with one attached hydrogen (secondary N) is 1. The van der Waals surface area contributed by atoms with Gasteiger partial charge in [-0.3, -0.25) is 0 Å². The van der Waals surface area contributed by atoms with Gasteiger partial charge in [-0.05, 0) is 55.3 Å². The molecule has 0 heterocycles. The Kier molecular flexibility index (Phi) is 3.34. The van der Waals surface area contributed by atoms with Crippen LogP contribution in [0.1, 0.15) is 37.8 Å². The maximum absolute atomic E-state index is 3.31. The van der Waals surface area contributed by atoms with Crippen LogP contribution >= 0.6 is 0 Å². The highest BCUT2D eigenvalue weighted by Crippen LogP contribution is 2.56. The summed E-state index contributed by atoms with van der Waals surface area (Å²) in [5.41, 5.74) is 3.48. The Balaban J connectivity index is 2.16. The van der Waals surface area contributed by atoms with Gasteiger partial charge in [-0.2, -0.15) is 0 Å². The first-order valence-corrected chi connectivity index (χ1v) is 6.50. The van der Waals surface area contributed by atoms with E-state index >= 15 is 0 Å². The fraction of sp³-hybridized carbons (Fsp3) is 0.600. The van der Waals surface area contributed by atoms with Crippen molar-refractivity contribution >= 4 is 0 Å². The van der Waals surface area contributed by atoms with E-state index in [4.69, 9.17) is 0 Å². The van der Waals surface area contributed by atoms with Crippen molar-refractivity contribution in [3.8, 4) is 0 Å². The molecule has 16 heavy (non-hydrogen) atoms. The molecular formula is C15H23N. The molecule has 2 unspecified atom stereocenters. The first-order chi connectivity index (χ1) is 7.76. The van der Waals surface area contributed by atoms with Crippen molar-refractivity contribution in [2.45, 2.75) is 38.5 Å². The Hall–Kier alpha value is -0.820. The third-order valence-electron chi connectivity index (χ3n) is 4.25. The molecule has 0 bridgehead atoms. The number of aryl methyl sites for hydroxylation is 1. The molecule has 2 atom stereocenters. The standard InChI is InChI=1S/C15H23N/c1-4-12-6-8-13(9-7-12)15(5-2)10-14(15)11-16-3/h6-9,14,16H,4-5,10-11H2,1-3H3. The molecule has 1 aromatic carbocycles. The van der Waals surface area contributed by atoms with Gasteiger partial charge in [0.1, 0.15) is 0 Å². The van der Waals surface area contributed by atoms with Crippen LogP contribution in [0.15, 0.2) is 24.3 Å². The molecule has 0 spiro atoms. The van der Waals surface area contributed by atoms with Crippen LogP contribution in [0, 0.1) is 5.92 Å². The number of hydrogen-bond donors (Lipinski definition) is 1. The van der Waals surface area contributed by atoms with Gasteiger partial charge in [-0.1, -0.05) is 38.1 Å². The van der Waals surface area contributed by atoms with Crippen molar-refractivity contribution in [1.82, 2.24) is 5.32 Å². The van der Waals surface area contributed by atoms with Gasteiger partial charge in [0.05, 0.1) is 0 Å². The third kappa shape index (κ3) is 1.89. The largest absolute Gasteiger partial charge is 0.319 e. The minimum absolute atomic E-state index is 0.481. The topological polar surface area (TPSA) is 12.0 Å². The van der Waals surface area contributed by atoms with Crippen LogP contribution < -0.4 is 5.32 Å². The minimum atomic E-state index is 0.481. The van der Waals surface area contributed by atoms with Crippen LogP contribution in [0.25, 0.3) is 0 Å². The monoisotopic (exact) mass is 217 g/mol. The van der Waals surface area contributed by atoms with Gasteiger partial charge in [0.2, 0.25) is 0 Å². The molecule has 1 saturated carbocycles. The lowest BCUT2D eigenvalue weighted by Gasteiger charge is -2.16. The lowest BCUT2D eigenvalue weighted by atomic mass is 9.89. The Labute approximate surface area is 99.3 Å². The first-order valence-electron chi connectivity index (χ1n) is 6.50. The molecule has 88 valence electrons. The predicted molar refractivity (Wildman–Crippen MR) is 69.8 cm³/mol. The lowest BCUT2D eigenvalue weighted by Crippen LogP contribution is -2.17. The second kappa shape index (κ2) is 4.58. The zero-order valence-electron chi connectivity index (χ0n) is 10.7. The van der Waals surface area contributed by atoms with E-state index in [0.717, 1.165) is 18.9 Å². The Morgan fingerprint density at radius 1 is 1.25 bits per heavy atom. The van der Waals surface area contributed by atoms with Crippen molar-refractivity contribution in [2.24, 2.45) is 5.92 Å². The Bertz CT molecular complexity index is 341. The van der Waals surface area contributed by atoms with Gasteiger partial charge in [-0.15, -0.1) is 0 Å². The fourth-order valence-electron chi connectivity index (χ4n) is 2.96. The van der Waals surface area contributed by atoms with Crippen LogP contribution in [-0.4, -0.2) is 13.6 Å². The lowest BCUT2D eigenvalue weighted by molar-refractivity contribution is 0.560. The SMILES string of the molecule is CCc1ccc(C2(CC)CC2CNC)cc1. The molecule has 1 aromatic rings. The summed E-state index contributed by atoms with van der Waals surface area (Å²) < 4.78 is 0. The molecular weight excluding hydrogens is 194 g/mol. The maximum atomic E-state index is 3.31. The van der Waals surface area contributed by atoms with Crippen LogP contribution in [0.2, 0.25) is 0 Å². The van der Waals surface area contributed by atoms with E-state index in [2.05, 4.69) is 50.5 Å². The zero-order valence-corrected chi connectivity index (χ0v) is 10.7. The molecule has 1 nitrogen and oxygen atoms in total. The zero-order chi connectivity index (χ0) is 11.6. The average Bonchev–Trinajstić information content (AvgIpc) is 3.05. The maximum Gasteiger partial charge on any atom is -0.000554 e. The number of hydrogen-bond acceptors (Lipinski definition) is 1. The summed E-state index contributed by atoms with van der Waals surface area (Å²) in [7, 11) is 2.05. The van der Waals surface area contributed by atoms with E-state index in [0.29, 0.717) is 5.41 Å². The van der Waals surface area contributed by atoms with Gasteiger partial charge >= 0.3 is 0 Å². The molecule has 1 N–H and O–H groups in total. The van der Waals surface area contributed by atoms with E-state index in [1.807, 2.05) is 0 Å². The second-order valence-corrected chi connectivity index (χ2v) is 5.02.